The average Bonchev–Trinajstić information content (AvgIpc) is 2.05. The van der Waals surface area contributed by atoms with Gasteiger partial charge < -0.3 is 0 Å². The van der Waals surface area contributed by atoms with Crippen LogP contribution in [0.5, 0.6) is 0 Å². The summed E-state index contributed by atoms with van der Waals surface area (Å²) in [5, 5.41) is 0. The van der Waals surface area contributed by atoms with Crippen LogP contribution in [0.15, 0.2) is 30.3 Å². The van der Waals surface area contributed by atoms with E-state index in [2.05, 4.69) is 44.2 Å². The molecule has 0 heterocycles. The van der Waals surface area contributed by atoms with E-state index in [0.717, 1.165) is 0 Å². The van der Waals surface area contributed by atoms with Crippen molar-refractivity contribution in [3.8, 4) is 0 Å². The van der Waals surface area contributed by atoms with Crippen LogP contribution in [0.3, 0.4) is 0 Å². The van der Waals surface area contributed by atoms with E-state index < -0.39 is 0 Å². The van der Waals surface area contributed by atoms with Crippen molar-refractivity contribution in [1.82, 2.24) is 0 Å². The van der Waals surface area contributed by atoms with Gasteiger partial charge in [-0.2, -0.15) is 13.5 Å². The fourth-order valence-electron chi connectivity index (χ4n) is 1.02. The summed E-state index contributed by atoms with van der Waals surface area (Å²) in [4.78, 5) is 0. The molecule has 11 heavy (non-hydrogen) atoms. The van der Waals surface area contributed by atoms with E-state index in [1.807, 2.05) is 0 Å². The Hall–Kier alpha value is -0.430. The zero-order valence-corrected chi connectivity index (χ0v) is 8.17. The molecule has 0 N–H and O–H groups in total. The summed E-state index contributed by atoms with van der Waals surface area (Å²) in [6.07, 6.45) is 1.23. The first-order valence-electron chi connectivity index (χ1n) is 3.89. The molecule has 1 rings (SSSR count). The zero-order chi connectivity index (χ0) is 7.40. The normalized spacial score (nSPS) is 11.8. The molecule has 0 aliphatic rings. The van der Waals surface area contributed by atoms with Crippen molar-refractivity contribution in [2.45, 2.75) is 26.2 Å². The van der Waals surface area contributed by atoms with Gasteiger partial charge in [-0.15, -0.1) is 0 Å². The molecule has 1 aromatic carbocycles. The molecular weight excluding hydrogens is 152 g/mol. The first kappa shape index (κ1) is 10.6. The van der Waals surface area contributed by atoms with Crippen LogP contribution in [-0.4, -0.2) is 0 Å². The topological polar surface area (TPSA) is 0 Å². The summed E-state index contributed by atoms with van der Waals surface area (Å²) in [5.41, 5.74) is 1.45. The molecule has 0 amide bonds. The van der Waals surface area contributed by atoms with Gasteiger partial charge in [0.05, 0.1) is 0 Å². The van der Waals surface area contributed by atoms with E-state index in [1.165, 1.54) is 12.0 Å². The fourth-order valence-corrected chi connectivity index (χ4v) is 1.02. The highest BCUT2D eigenvalue weighted by molar-refractivity contribution is 7.59. The molecule has 0 unspecified atom stereocenters. The Morgan fingerprint density at radius 2 is 1.73 bits per heavy atom. The van der Waals surface area contributed by atoms with E-state index >= 15 is 0 Å². The molecule has 0 fully saturated rings. The van der Waals surface area contributed by atoms with Gasteiger partial charge in [0.1, 0.15) is 0 Å². The number of benzene rings is 1. The Kier molecular flexibility index (Phi) is 5.05. The zero-order valence-electron chi connectivity index (χ0n) is 7.17. The van der Waals surface area contributed by atoms with Crippen LogP contribution >= 0.6 is 13.5 Å². The first-order chi connectivity index (χ1) is 4.84. The monoisotopic (exact) mass is 168 g/mol. The molecular formula is C10H16S. The minimum atomic E-state index is 0. The molecule has 0 spiro atoms. The van der Waals surface area contributed by atoms with E-state index in [0.29, 0.717) is 5.92 Å². The molecule has 0 bridgehead atoms. The summed E-state index contributed by atoms with van der Waals surface area (Å²) in [6.45, 7) is 4.48. The smallest absolute Gasteiger partial charge is 0.0193 e. The van der Waals surface area contributed by atoms with Gasteiger partial charge in [-0.05, 0) is 17.9 Å². The highest BCUT2D eigenvalue weighted by Gasteiger charge is 1.98. The van der Waals surface area contributed by atoms with Crippen molar-refractivity contribution in [2.24, 2.45) is 0 Å². The Labute approximate surface area is 76.1 Å². The minimum absolute atomic E-state index is 0. The Morgan fingerprint density at radius 3 is 2.18 bits per heavy atom. The second kappa shape index (κ2) is 5.25. The lowest BCUT2D eigenvalue weighted by Crippen LogP contribution is -1.88. The fraction of sp³-hybridized carbons (Fsp3) is 0.400. The molecule has 1 aromatic rings. The predicted octanol–water partition coefficient (Wildman–Crippen LogP) is 3.31. The molecule has 0 aliphatic heterocycles. The molecule has 0 radical (unpaired) electrons. The van der Waals surface area contributed by atoms with Crippen LogP contribution in [0.25, 0.3) is 0 Å². The summed E-state index contributed by atoms with van der Waals surface area (Å²) in [7, 11) is 0. The van der Waals surface area contributed by atoms with E-state index in [9.17, 15) is 0 Å². The van der Waals surface area contributed by atoms with Crippen LogP contribution in [0, 0.1) is 0 Å². The van der Waals surface area contributed by atoms with Crippen LogP contribution in [0.2, 0.25) is 0 Å². The maximum Gasteiger partial charge on any atom is -0.0193 e. The van der Waals surface area contributed by atoms with Crippen molar-refractivity contribution in [3.63, 3.8) is 0 Å². The SMILES string of the molecule is CC[C@H](C)c1ccccc1.S. The summed E-state index contributed by atoms with van der Waals surface area (Å²) >= 11 is 0. The van der Waals surface area contributed by atoms with E-state index in [1.54, 1.807) is 0 Å². The molecule has 0 aromatic heterocycles. The van der Waals surface area contributed by atoms with Crippen LogP contribution in [-0.2, 0) is 0 Å². The highest BCUT2D eigenvalue weighted by atomic mass is 32.1. The lowest BCUT2D eigenvalue weighted by molar-refractivity contribution is 0.733. The van der Waals surface area contributed by atoms with Crippen LogP contribution in [0.1, 0.15) is 31.7 Å². The maximum atomic E-state index is 2.26. The lowest BCUT2D eigenvalue weighted by atomic mass is 9.99. The lowest BCUT2D eigenvalue weighted by Gasteiger charge is -2.06. The van der Waals surface area contributed by atoms with Crippen molar-refractivity contribution in [1.29, 1.82) is 0 Å². The third-order valence-electron chi connectivity index (χ3n) is 1.98. The van der Waals surface area contributed by atoms with E-state index in [-0.39, 0.29) is 13.5 Å². The minimum Gasteiger partial charge on any atom is -0.197 e. The van der Waals surface area contributed by atoms with E-state index in [4.69, 9.17) is 0 Å². The summed E-state index contributed by atoms with van der Waals surface area (Å²) in [6, 6.07) is 10.6. The van der Waals surface area contributed by atoms with Crippen molar-refractivity contribution in [2.75, 3.05) is 0 Å². The van der Waals surface area contributed by atoms with Gasteiger partial charge in [0.25, 0.3) is 0 Å². The van der Waals surface area contributed by atoms with Crippen molar-refractivity contribution < 1.29 is 0 Å². The molecule has 1 atom stereocenters. The molecule has 0 nitrogen and oxygen atoms in total. The largest absolute Gasteiger partial charge is 0.197 e. The third-order valence-corrected chi connectivity index (χ3v) is 1.98. The van der Waals surface area contributed by atoms with Gasteiger partial charge in [0, 0.05) is 0 Å². The molecule has 1 heteroatoms. The third kappa shape index (κ3) is 2.98. The number of hydrogen-bond donors (Lipinski definition) is 0. The molecule has 0 saturated carbocycles. The van der Waals surface area contributed by atoms with Crippen LogP contribution < -0.4 is 0 Å². The van der Waals surface area contributed by atoms with Gasteiger partial charge in [-0.25, -0.2) is 0 Å². The molecule has 0 saturated heterocycles. The summed E-state index contributed by atoms with van der Waals surface area (Å²) < 4.78 is 0. The van der Waals surface area contributed by atoms with Gasteiger partial charge in [0.15, 0.2) is 0 Å². The van der Waals surface area contributed by atoms with Gasteiger partial charge in [0.2, 0.25) is 0 Å². The second-order valence-corrected chi connectivity index (χ2v) is 2.72. The number of hydrogen-bond acceptors (Lipinski definition) is 0. The quantitative estimate of drug-likeness (QED) is 0.635. The van der Waals surface area contributed by atoms with Gasteiger partial charge in [-0.1, -0.05) is 44.2 Å². The van der Waals surface area contributed by atoms with Crippen LogP contribution in [0.4, 0.5) is 0 Å². The Bertz CT molecular complexity index is 181. The second-order valence-electron chi connectivity index (χ2n) is 2.72. The average molecular weight is 168 g/mol. The highest BCUT2D eigenvalue weighted by Crippen LogP contribution is 2.16. The number of rotatable bonds is 2. The van der Waals surface area contributed by atoms with Crippen molar-refractivity contribution >= 4 is 13.5 Å². The molecule has 0 aliphatic carbocycles. The predicted molar refractivity (Wildman–Crippen MR) is 55.5 cm³/mol. The Balaban J connectivity index is 0.000001000. The van der Waals surface area contributed by atoms with Gasteiger partial charge in [-0.3, -0.25) is 0 Å². The summed E-state index contributed by atoms with van der Waals surface area (Å²) in [5.74, 6) is 0.709. The first-order valence-corrected chi connectivity index (χ1v) is 3.89. The molecule has 62 valence electrons. The Morgan fingerprint density at radius 1 is 1.18 bits per heavy atom. The standard InChI is InChI=1S/C10H14.H2S/c1-3-9(2)10-7-5-4-6-8-10;/h4-9H,3H2,1-2H3;1H2/t9-;/m0./s1. The van der Waals surface area contributed by atoms with Gasteiger partial charge >= 0.3 is 0 Å². The maximum absolute atomic E-state index is 2.26. The van der Waals surface area contributed by atoms with Crippen molar-refractivity contribution in [3.05, 3.63) is 35.9 Å².